The normalized spacial score (nSPS) is 19.4. The van der Waals surface area contributed by atoms with Gasteiger partial charge < -0.3 is 10.2 Å². The minimum Gasteiger partial charge on any atom is -0.335 e. The molecule has 2 amide bonds. The quantitative estimate of drug-likeness (QED) is 0.876. The van der Waals surface area contributed by atoms with Gasteiger partial charge in [0.2, 0.25) is 11.8 Å². The number of amides is 2. The van der Waals surface area contributed by atoms with Crippen molar-refractivity contribution in [3.8, 4) is 6.07 Å². The van der Waals surface area contributed by atoms with Crippen LogP contribution in [0.1, 0.15) is 46.6 Å². The molecule has 0 aromatic carbocycles. The zero-order chi connectivity index (χ0) is 19.9. The minimum absolute atomic E-state index is 0.0371. The number of likely N-dealkylation sites (tertiary alicyclic amines) is 1. The van der Waals surface area contributed by atoms with Crippen molar-refractivity contribution in [3.05, 3.63) is 33.5 Å². The van der Waals surface area contributed by atoms with E-state index in [-0.39, 0.29) is 24.3 Å². The summed E-state index contributed by atoms with van der Waals surface area (Å²) in [6.07, 6.45) is 1.89. The Morgan fingerprint density at radius 2 is 2.15 bits per heavy atom. The standard InChI is InChI=1S/C19H23N5O2S/c1-6-24-16(25)7-13(17(24)15-9-21-23(5)11(15)3)18(26)22-19-14(8-20)10(2)12(4)27-19/h9,13,17H,6-7H2,1-5H3,(H,22,26)/t13-,17-/m0/s1. The predicted molar refractivity (Wildman–Crippen MR) is 103 cm³/mol. The number of thiophene rings is 1. The monoisotopic (exact) mass is 385 g/mol. The maximum atomic E-state index is 13.1. The van der Waals surface area contributed by atoms with Gasteiger partial charge in [-0.05, 0) is 33.3 Å². The summed E-state index contributed by atoms with van der Waals surface area (Å²) < 4.78 is 1.75. The van der Waals surface area contributed by atoms with Crippen molar-refractivity contribution in [3.63, 3.8) is 0 Å². The first-order chi connectivity index (χ1) is 12.8. The molecule has 7 nitrogen and oxygen atoms in total. The molecule has 0 bridgehead atoms. The Balaban J connectivity index is 1.95. The summed E-state index contributed by atoms with van der Waals surface area (Å²) in [7, 11) is 1.84. The van der Waals surface area contributed by atoms with Crippen LogP contribution in [0.4, 0.5) is 5.00 Å². The molecule has 0 spiro atoms. The molecule has 1 fully saturated rings. The smallest absolute Gasteiger partial charge is 0.231 e. The Kier molecular flexibility index (Phi) is 5.07. The number of nitrogens with one attached hydrogen (secondary N) is 1. The van der Waals surface area contributed by atoms with Crippen molar-refractivity contribution in [1.82, 2.24) is 14.7 Å². The SMILES string of the molecule is CCN1C(=O)C[C@H](C(=O)Nc2sc(C)c(C)c2C#N)[C@H]1c1cnn(C)c1C. The molecule has 27 heavy (non-hydrogen) atoms. The zero-order valence-electron chi connectivity index (χ0n) is 16.2. The van der Waals surface area contributed by atoms with Crippen LogP contribution in [0.15, 0.2) is 6.20 Å². The molecule has 2 aromatic rings. The number of carbonyl (C=O) groups is 2. The van der Waals surface area contributed by atoms with E-state index >= 15 is 0 Å². The molecule has 2 aromatic heterocycles. The third kappa shape index (κ3) is 3.12. The summed E-state index contributed by atoms with van der Waals surface area (Å²) in [5.41, 5.74) is 3.21. The molecular formula is C19H23N5O2S. The van der Waals surface area contributed by atoms with Crippen LogP contribution in [-0.2, 0) is 16.6 Å². The Hall–Kier alpha value is -2.66. The highest BCUT2D eigenvalue weighted by Crippen LogP contribution is 2.40. The van der Waals surface area contributed by atoms with Gasteiger partial charge in [0.1, 0.15) is 11.1 Å². The van der Waals surface area contributed by atoms with Gasteiger partial charge in [-0.1, -0.05) is 0 Å². The lowest BCUT2D eigenvalue weighted by Gasteiger charge is -2.26. The van der Waals surface area contributed by atoms with Crippen LogP contribution < -0.4 is 5.32 Å². The molecule has 3 rings (SSSR count). The summed E-state index contributed by atoms with van der Waals surface area (Å²) in [4.78, 5) is 28.4. The number of aromatic nitrogens is 2. The van der Waals surface area contributed by atoms with E-state index in [0.717, 1.165) is 21.7 Å². The highest BCUT2D eigenvalue weighted by molar-refractivity contribution is 7.16. The second kappa shape index (κ2) is 7.16. The third-order valence-corrected chi connectivity index (χ3v) is 6.56. The first kappa shape index (κ1) is 19.1. The van der Waals surface area contributed by atoms with E-state index in [2.05, 4.69) is 16.5 Å². The lowest BCUT2D eigenvalue weighted by Crippen LogP contribution is -2.32. The Morgan fingerprint density at radius 3 is 2.70 bits per heavy atom. The van der Waals surface area contributed by atoms with Gasteiger partial charge in [-0.3, -0.25) is 14.3 Å². The van der Waals surface area contributed by atoms with Crippen LogP contribution in [0.5, 0.6) is 0 Å². The molecule has 0 unspecified atom stereocenters. The van der Waals surface area contributed by atoms with Crippen LogP contribution in [0.2, 0.25) is 0 Å². The number of aryl methyl sites for hydroxylation is 2. The second-order valence-electron chi connectivity index (χ2n) is 6.83. The van der Waals surface area contributed by atoms with Crippen LogP contribution in [0.25, 0.3) is 0 Å². The highest BCUT2D eigenvalue weighted by atomic mass is 32.1. The average molecular weight is 385 g/mol. The number of rotatable bonds is 4. The van der Waals surface area contributed by atoms with Gasteiger partial charge in [0.05, 0.1) is 23.7 Å². The number of carbonyl (C=O) groups excluding carboxylic acids is 2. The number of nitrogens with zero attached hydrogens (tertiary/aromatic N) is 4. The Morgan fingerprint density at radius 1 is 1.44 bits per heavy atom. The Bertz CT molecular complexity index is 952. The van der Waals surface area contributed by atoms with Crippen molar-refractivity contribution in [2.24, 2.45) is 13.0 Å². The molecule has 8 heteroatoms. The Labute approximate surface area is 162 Å². The fourth-order valence-electron chi connectivity index (χ4n) is 3.64. The second-order valence-corrected chi connectivity index (χ2v) is 8.06. The molecule has 142 valence electrons. The first-order valence-corrected chi connectivity index (χ1v) is 9.70. The van der Waals surface area contributed by atoms with Gasteiger partial charge in [-0.15, -0.1) is 11.3 Å². The molecule has 2 atom stereocenters. The van der Waals surface area contributed by atoms with Crippen molar-refractivity contribution >= 4 is 28.2 Å². The van der Waals surface area contributed by atoms with Crippen molar-refractivity contribution in [2.75, 3.05) is 11.9 Å². The van der Waals surface area contributed by atoms with E-state index in [0.29, 0.717) is 17.1 Å². The number of anilines is 1. The van der Waals surface area contributed by atoms with Crippen LogP contribution in [0.3, 0.4) is 0 Å². The summed E-state index contributed by atoms with van der Waals surface area (Å²) in [6, 6.07) is 1.83. The maximum absolute atomic E-state index is 13.1. The van der Waals surface area contributed by atoms with Gasteiger partial charge in [-0.2, -0.15) is 10.4 Å². The molecular weight excluding hydrogens is 362 g/mol. The van der Waals surface area contributed by atoms with E-state index in [1.807, 2.05) is 34.7 Å². The average Bonchev–Trinajstić information content (AvgIpc) is 3.22. The number of nitriles is 1. The number of hydrogen-bond acceptors (Lipinski definition) is 5. The van der Waals surface area contributed by atoms with E-state index in [9.17, 15) is 14.9 Å². The molecule has 1 aliphatic rings. The third-order valence-electron chi connectivity index (χ3n) is 5.43. The predicted octanol–water partition coefficient (Wildman–Crippen LogP) is 2.83. The number of hydrogen-bond donors (Lipinski definition) is 1. The fraction of sp³-hybridized carbons (Fsp3) is 0.474. The van der Waals surface area contributed by atoms with E-state index in [4.69, 9.17) is 0 Å². The van der Waals surface area contributed by atoms with Crippen LogP contribution in [-0.4, -0.2) is 33.0 Å². The van der Waals surface area contributed by atoms with Gasteiger partial charge in [-0.25, -0.2) is 0 Å². The summed E-state index contributed by atoms with van der Waals surface area (Å²) >= 11 is 1.39. The van der Waals surface area contributed by atoms with Gasteiger partial charge >= 0.3 is 0 Å². The van der Waals surface area contributed by atoms with Crippen LogP contribution in [0, 0.1) is 38.0 Å². The van der Waals surface area contributed by atoms with Crippen molar-refractivity contribution in [1.29, 1.82) is 5.26 Å². The molecule has 1 aliphatic heterocycles. The first-order valence-electron chi connectivity index (χ1n) is 8.89. The largest absolute Gasteiger partial charge is 0.335 e. The van der Waals surface area contributed by atoms with Crippen LogP contribution >= 0.6 is 11.3 Å². The highest BCUT2D eigenvalue weighted by Gasteiger charge is 2.45. The molecule has 0 aliphatic carbocycles. The molecule has 1 N–H and O–H groups in total. The lowest BCUT2D eigenvalue weighted by molar-refractivity contribution is -0.129. The summed E-state index contributed by atoms with van der Waals surface area (Å²) in [6.45, 7) is 8.18. The molecule has 0 saturated carbocycles. The minimum atomic E-state index is -0.519. The van der Waals surface area contributed by atoms with E-state index in [1.165, 1.54) is 11.3 Å². The molecule has 1 saturated heterocycles. The topological polar surface area (TPSA) is 91.0 Å². The lowest BCUT2D eigenvalue weighted by atomic mass is 9.93. The zero-order valence-corrected chi connectivity index (χ0v) is 17.0. The summed E-state index contributed by atoms with van der Waals surface area (Å²) in [5, 5.41) is 17.2. The van der Waals surface area contributed by atoms with Crippen molar-refractivity contribution < 1.29 is 9.59 Å². The molecule has 0 radical (unpaired) electrons. The maximum Gasteiger partial charge on any atom is 0.231 e. The summed E-state index contributed by atoms with van der Waals surface area (Å²) in [5.74, 6) is -0.787. The van der Waals surface area contributed by atoms with Crippen molar-refractivity contribution in [2.45, 2.75) is 40.2 Å². The van der Waals surface area contributed by atoms with E-state index < -0.39 is 5.92 Å². The van der Waals surface area contributed by atoms with Gasteiger partial charge in [0.25, 0.3) is 0 Å². The fourth-order valence-corrected chi connectivity index (χ4v) is 4.66. The van der Waals surface area contributed by atoms with Gasteiger partial charge in [0.15, 0.2) is 0 Å². The van der Waals surface area contributed by atoms with Gasteiger partial charge in [0, 0.05) is 36.1 Å². The molecule has 3 heterocycles. The van der Waals surface area contributed by atoms with E-state index in [1.54, 1.807) is 15.8 Å².